The second-order valence-electron chi connectivity index (χ2n) is 5.09. The second kappa shape index (κ2) is 6.33. The molecule has 0 aromatic rings. The average Bonchev–Trinajstić information content (AvgIpc) is 2.40. The highest BCUT2D eigenvalue weighted by Crippen LogP contribution is 2.15. The van der Waals surface area contributed by atoms with Crippen molar-refractivity contribution in [3.05, 3.63) is 0 Å². The third-order valence-corrected chi connectivity index (χ3v) is 3.87. The molecule has 0 bridgehead atoms. The minimum absolute atomic E-state index is 0.290. The number of carbonyl (C=O) groups is 1. The zero-order valence-corrected chi connectivity index (χ0v) is 10.5. The highest BCUT2D eigenvalue weighted by atomic mass is 16.2. The molecule has 2 saturated heterocycles. The first-order chi connectivity index (χ1) is 8.29. The highest BCUT2D eigenvalue weighted by Gasteiger charge is 2.22. The van der Waals surface area contributed by atoms with Crippen LogP contribution in [0.25, 0.3) is 0 Å². The van der Waals surface area contributed by atoms with E-state index >= 15 is 0 Å². The number of hydrogen-bond donors (Lipinski definition) is 2. The van der Waals surface area contributed by atoms with Crippen molar-refractivity contribution in [3.8, 4) is 0 Å². The number of rotatable bonds is 3. The number of carbonyl (C=O) groups excluding carboxylic acids is 1. The van der Waals surface area contributed by atoms with Gasteiger partial charge in [0.15, 0.2) is 0 Å². The van der Waals surface area contributed by atoms with E-state index in [1.807, 2.05) is 4.90 Å². The first-order valence-electron chi connectivity index (χ1n) is 6.70. The maximum Gasteiger partial charge on any atom is 0.236 e. The summed E-state index contributed by atoms with van der Waals surface area (Å²) < 4.78 is 0. The molecule has 2 rings (SSSR count). The molecule has 2 fully saturated rings. The lowest BCUT2D eigenvalue weighted by atomic mass is 9.97. The standard InChI is InChI=1S/C12H24N4O/c13-9-11-1-5-15(6-2-11)10-12(17)16-7-3-14-4-8-16/h11,14H,1-10,13H2. The molecule has 0 aliphatic carbocycles. The molecule has 5 nitrogen and oxygen atoms in total. The van der Waals surface area contributed by atoms with E-state index in [4.69, 9.17) is 5.73 Å². The van der Waals surface area contributed by atoms with Gasteiger partial charge >= 0.3 is 0 Å². The van der Waals surface area contributed by atoms with Crippen molar-refractivity contribution in [2.45, 2.75) is 12.8 Å². The van der Waals surface area contributed by atoms with Crippen LogP contribution in [0, 0.1) is 5.92 Å². The summed E-state index contributed by atoms with van der Waals surface area (Å²) >= 11 is 0. The smallest absolute Gasteiger partial charge is 0.236 e. The number of likely N-dealkylation sites (tertiary alicyclic amines) is 1. The highest BCUT2D eigenvalue weighted by molar-refractivity contribution is 5.78. The Balaban J connectivity index is 1.71. The molecule has 0 radical (unpaired) electrons. The van der Waals surface area contributed by atoms with E-state index in [1.165, 1.54) is 0 Å². The molecule has 0 unspecified atom stereocenters. The topological polar surface area (TPSA) is 61.6 Å². The lowest BCUT2D eigenvalue weighted by Gasteiger charge is -2.34. The Kier molecular flexibility index (Phi) is 4.76. The molecule has 0 spiro atoms. The van der Waals surface area contributed by atoms with Gasteiger partial charge in [-0.3, -0.25) is 9.69 Å². The van der Waals surface area contributed by atoms with Gasteiger partial charge in [-0.05, 0) is 38.4 Å². The fraction of sp³-hybridized carbons (Fsp3) is 0.917. The van der Waals surface area contributed by atoms with E-state index in [2.05, 4.69) is 10.2 Å². The van der Waals surface area contributed by atoms with Crippen LogP contribution in [-0.2, 0) is 4.79 Å². The minimum atomic E-state index is 0.290. The number of amides is 1. The van der Waals surface area contributed by atoms with Gasteiger partial charge in [0.2, 0.25) is 5.91 Å². The molecule has 0 saturated carbocycles. The molecule has 3 N–H and O–H groups in total. The summed E-state index contributed by atoms with van der Waals surface area (Å²) in [6.45, 7) is 7.02. The van der Waals surface area contributed by atoms with Crippen LogP contribution >= 0.6 is 0 Å². The molecule has 5 heteroatoms. The van der Waals surface area contributed by atoms with Gasteiger partial charge < -0.3 is 16.0 Å². The van der Waals surface area contributed by atoms with E-state index in [9.17, 15) is 4.79 Å². The van der Waals surface area contributed by atoms with Crippen molar-refractivity contribution in [2.24, 2.45) is 11.7 Å². The molecule has 0 aromatic carbocycles. The van der Waals surface area contributed by atoms with Crippen LogP contribution in [0.15, 0.2) is 0 Å². The Labute approximate surface area is 103 Å². The van der Waals surface area contributed by atoms with E-state index in [1.54, 1.807) is 0 Å². The molecular formula is C12H24N4O. The summed E-state index contributed by atoms with van der Waals surface area (Å²) in [4.78, 5) is 16.3. The lowest BCUT2D eigenvalue weighted by molar-refractivity contribution is -0.133. The Morgan fingerprint density at radius 2 is 1.82 bits per heavy atom. The average molecular weight is 240 g/mol. The maximum atomic E-state index is 12.0. The largest absolute Gasteiger partial charge is 0.339 e. The van der Waals surface area contributed by atoms with E-state index in [0.717, 1.165) is 58.7 Å². The predicted molar refractivity (Wildman–Crippen MR) is 67.7 cm³/mol. The van der Waals surface area contributed by atoms with Crippen LogP contribution in [0.4, 0.5) is 0 Å². The van der Waals surface area contributed by atoms with Crippen LogP contribution in [0.3, 0.4) is 0 Å². The number of hydrogen-bond acceptors (Lipinski definition) is 4. The zero-order valence-electron chi connectivity index (χ0n) is 10.5. The Morgan fingerprint density at radius 1 is 1.18 bits per heavy atom. The van der Waals surface area contributed by atoms with E-state index in [-0.39, 0.29) is 5.91 Å². The molecule has 1 amide bonds. The van der Waals surface area contributed by atoms with E-state index in [0.29, 0.717) is 12.5 Å². The Morgan fingerprint density at radius 3 is 2.41 bits per heavy atom. The van der Waals surface area contributed by atoms with Gasteiger partial charge in [-0.15, -0.1) is 0 Å². The molecule has 2 aliphatic heterocycles. The number of nitrogens with one attached hydrogen (secondary N) is 1. The number of nitrogens with two attached hydrogens (primary N) is 1. The molecule has 2 aliphatic rings. The lowest BCUT2D eigenvalue weighted by Crippen LogP contribution is -2.50. The fourth-order valence-corrected chi connectivity index (χ4v) is 2.59. The summed E-state index contributed by atoms with van der Waals surface area (Å²) in [7, 11) is 0. The van der Waals surface area contributed by atoms with Gasteiger partial charge in [-0.25, -0.2) is 0 Å². The van der Waals surface area contributed by atoms with Crippen LogP contribution < -0.4 is 11.1 Å². The van der Waals surface area contributed by atoms with Gasteiger partial charge in [-0.2, -0.15) is 0 Å². The molecule has 0 aromatic heterocycles. The third kappa shape index (κ3) is 3.66. The van der Waals surface area contributed by atoms with Gasteiger partial charge in [0.05, 0.1) is 6.54 Å². The summed E-state index contributed by atoms with van der Waals surface area (Å²) in [5.74, 6) is 0.957. The number of nitrogens with zero attached hydrogens (tertiary/aromatic N) is 2. The minimum Gasteiger partial charge on any atom is -0.339 e. The Bertz CT molecular complexity index is 245. The van der Waals surface area contributed by atoms with Crippen LogP contribution in [0.2, 0.25) is 0 Å². The maximum absolute atomic E-state index is 12.0. The molecule has 98 valence electrons. The van der Waals surface area contributed by atoms with E-state index < -0.39 is 0 Å². The molecular weight excluding hydrogens is 216 g/mol. The van der Waals surface area contributed by atoms with Crippen molar-refractivity contribution in [3.63, 3.8) is 0 Å². The van der Waals surface area contributed by atoms with Gasteiger partial charge in [0.1, 0.15) is 0 Å². The summed E-state index contributed by atoms with van der Waals surface area (Å²) in [5, 5.41) is 3.27. The quantitative estimate of drug-likeness (QED) is 0.670. The van der Waals surface area contributed by atoms with Crippen molar-refractivity contribution in [1.29, 1.82) is 0 Å². The first kappa shape index (κ1) is 12.8. The Hall–Kier alpha value is -0.650. The summed E-state index contributed by atoms with van der Waals surface area (Å²) in [5.41, 5.74) is 5.67. The second-order valence-corrected chi connectivity index (χ2v) is 5.09. The van der Waals surface area contributed by atoms with Crippen molar-refractivity contribution in [1.82, 2.24) is 15.1 Å². The monoisotopic (exact) mass is 240 g/mol. The zero-order chi connectivity index (χ0) is 12.1. The molecule has 17 heavy (non-hydrogen) atoms. The fourth-order valence-electron chi connectivity index (χ4n) is 2.59. The SMILES string of the molecule is NCC1CCN(CC(=O)N2CCNCC2)CC1. The van der Waals surface area contributed by atoms with Crippen LogP contribution in [0.5, 0.6) is 0 Å². The first-order valence-corrected chi connectivity index (χ1v) is 6.70. The van der Waals surface area contributed by atoms with Crippen LogP contribution in [-0.4, -0.2) is 68.1 Å². The van der Waals surface area contributed by atoms with Gasteiger partial charge in [-0.1, -0.05) is 0 Å². The summed E-state index contributed by atoms with van der Waals surface area (Å²) in [6.07, 6.45) is 2.29. The predicted octanol–water partition coefficient (Wildman–Crippen LogP) is -0.911. The van der Waals surface area contributed by atoms with Gasteiger partial charge in [0, 0.05) is 26.2 Å². The molecule has 0 atom stereocenters. The van der Waals surface area contributed by atoms with Crippen molar-refractivity contribution >= 4 is 5.91 Å². The van der Waals surface area contributed by atoms with Gasteiger partial charge in [0.25, 0.3) is 0 Å². The summed E-state index contributed by atoms with van der Waals surface area (Å²) in [6, 6.07) is 0. The number of piperidine rings is 1. The van der Waals surface area contributed by atoms with Crippen molar-refractivity contribution in [2.75, 3.05) is 52.4 Å². The molecule has 2 heterocycles. The van der Waals surface area contributed by atoms with Crippen molar-refractivity contribution < 1.29 is 4.79 Å². The normalized spacial score (nSPS) is 23.9. The third-order valence-electron chi connectivity index (χ3n) is 3.87. The number of piperazine rings is 1. The van der Waals surface area contributed by atoms with Crippen LogP contribution in [0.1, 0.15) is 12.8 Å².